The molecule has 0 aliphatic heterocycles. The fraction of sp³-hybridized carbons (Fsp3) is 0.564. The van der Waals surface area contributed by atoms with Crippen molar-refractivity contribution in [2.45, 2.75) is 41.5 Å². The van der Waals surface area contributed by atoms with Gasteiger partial charge in [0.25, 0.3) is 0 Å². The Hall–Kier alpha value is -3.64. The van der Waals surface area contributed by atoms with Crippen molar-refractivity contribution in [3.05, 3.63) is 64.7 Å². The number of fused-ring (bicyclic) bond motifs is 2. The fourth-order valence-corrected chi connectivity index (χ4v) is 10.5. The molecule has 1 aliphatic carbocycles. The van der Waals surface area contributed by atoms with E-state index in [1.54, 1.807) is 88.9 Å². The van der Waals surface area contributed by atoms with Crippen LogP contribution in [-0.2, 0) is 55.2 Å². The van der Waals surface area contributed by atoms with E-state index < -0.39 is 53.1 Å². The number of hydrogen-bond donors (Lipinski definition) is 4. The summed E-state index contributed by atoms with van der Waals surface area (Å²) in [5, 5.41) is 10.9. The number of nitrogens with one attached hydrogen (secondary N) is 4. The summed E-state index contributed by atoms with van der Waals surface area (Å²) >= 11 is 0. The molecule has 0 unspecified atom stereocenters. The minimum Gasteiger partial charge on any atom is -0.383 e. The lowest BCUT2D eigenvalue weighted by Crippen LogP contribution is -2.48. The number of rotatable bonds is 31. The molecule has 20 nitrogen and oxygen atoms in total. The zero-order valence-electron chi connectivity index (χ0n) is 36.3. The predicted molar refractivity (Wildman–Crippen MR) is 233 cm³/mol. The molecule has 3 rings (SSSR count). The zero-order valence-corrected chi connectivity index (χ0v) is 39.0. The maximum absolute atomic E-state index is 13.6. The maximum Gasteiger partial charge on any atom is 0.349 e. The van der Waals surface area contributed by atoms with Gasteiger partial charge in [0.05, 0.1) is 64.8 Å². The van der Waals surface area contributed by atoms with E-state index >= 15 is 0 Å². The Morgan fingerprint density at radius 2 is 0.871 bits per heavy atom. The Kier molecular flexibility index (Phi) is 22.3. The third-order valence-electron chi connectivity index (χ3n) is 8.89. The summed E-state index contributed by atoms with van der Waals surface area (Å²) in [4.78, 5) is 70.0. The fourth-order valence-electron chi connectivity index (χ4n) is 6.31. The Labute approximate surface area is 363 Å². The number of amides is 3. The third-order valence-corrected chi connectivity index (χ3v) is 14.4. The lowest BCUT2D eigenvalue weighted by molar-refractivity contribution is -0.126. The summed E-state index contributed by atoms with van der Waals surface area (Å²) in [5.41, 5.74) is 1.51. The second kappa shape index (κ2) is 26.2. The summed E-state index contributed by atoms with van der Waals surface area (Å²) in [7, 11) is -11.0. The quantitative estimate of drug-likeness (QED) is 0.0649. The first kappa shape index (κ1) is 52.7. The standard InChI is InChI=1S/C39H61N6O14P3/c1-7-54-60(51,55-8-2)27-41-34(46)24-44(21-20-40-33-19-15-18-32-37(33)39(50)31-17-14-13-16-30(31)38(32)49)22-23-45(25-35(47)42-28-61(52,56-9-3)57-10-4)26-36(48)43-29-62(53,58-11-5)59-12-6/h13-19,40H,7-12,20-29H2,1-6H3,(H,41,46)(H,42,47)(H,43,48). The van der Waals surface area contributed by atoms with Gasteiger partial charge in [0.1, 0.15) is 18.9 Å². The molecule has 0 bridgehead atoms. The number of carbonyl (C=O) groups excluding carboxylic acids is 5. The summed E-state index contributed by atoms with van der Waals surface area (Å²) in [6.45, 7) is 9.74. The van der Waals surface area contributed by atoms with Crippen LogP contribution in [0.4, 0.5) is 5.69 Å². The topological polar surface area (TPSA) is 247 Å². The SMILES string of the molecule is CCOP(=O)(CNC(=O)CN(CCNc1cccc2c1C(=O)c1ccccc1C2=O)CCN(CC(=O)NCP(=O)(OCC)OCC)CC(=O)NCP(=O)(OCC)OCC)OCC. The van der Waals surface area contributed by atoms with Gasteiger partial charge in [0.15, 0.2) is 11.6 Å². The maximum atomic E-state index is 13.6. The Bertz CT molecular complexity index is 1910. The highest BCUT2D eigenvalue weighted by Gasteiger charge is 2.32. The van der Waals surface area contributed by atoms with Crippen molar-refractivity contribution < 1.29 is 64.8 Å². The van der Waals surface area contributed by atoms with Gasteiger partial charge >= 0.3 is 22.8 Å². The van der Waals surface area contributed by atoms with Gasteiger partial charge in [-0.1, -0.05) is 36.4 Å². The van der Waals surface area contributed by atoms with Gasteiger partial charge < -0.3 is 48.4 Å². The van der Waals surface area contributed by atoms with Crippen molar-refractivity contribution >= 4 is 57.8 Å². The summed E-state index contributed by atoms with van der Waals surface area (Å²) in [6, 6.07) is 11.5. The highest BCUT2D eigenvalue weighted by Crippen LogP contribution is 2.48. The van der Waals surface area contributed by atoms with Crippen molar-refractivity contribution in [3.63, 3.8) is 0 Å². The summed E-state index contributed by atoms with van der Waals surface area (Å²) in [5.74, 6) is -2.36. The van der Waals surface area contributed by atoms with E-state index in [1.807, 2.05) is 0 Å². The van der Waals surface area contributed by atoms with E-state index in [0.717, 1.165) is 0 Å². The van der Waals surface area contributed by atoms with Crippen LogP contribution in [0.2, 0.25) is 0 Å². The molecular weight excluding hydrogens is 869 g/mol. The van der Waals surface area contributed by atoms with Gasteiger partial charge in [-0.15, -0.1) is 0 Å². The van der Waals surface area contributed by atoms with E-state index in [4.69, 9.17) is 27.1 Å². The molecule has 2 aromatic rings. The van der Waals surface area contributed by atoms with E-state index in [9.17, 15) is 37.7 Å². The minimum absolute atomic E-state index is 0.0121. The number of nitrogens with zero attached hydrogens (tertiary/aromatic N) is 2. The minimum atomic E-state index is -3.66. The van der Waals surface area contributed by atoms with Crippen molar-refractivity contribution in [2.75, 3.05) is 110 Å². The van der Waals surface area contributed by atoms with Gasteiger partial charge in [-0.3, -0.25) is 47.5 Å². The van der Waals surface area contributed by atoms with Crippen LogP contribution in [0.5, 0.6) is 0 Å². The lowest BCUT2D eigenvalue weighted by atomic mass is 9.83. The average molecular weight is 931 g/mol. The molecule has 23 heteroatoms. The zero-order chi connectivity index (χ0) is 45.8. The van der Waals surface area contributed by atoms with Crippen molar-refractivity contribution in [3.8, 4) is 0 Å². The van der Waals surface area contributed by atoms with Gasteiger partial charge in [0.2, 0.25) is 17.7 Å². The Morgan fingerprint density at radius 1 is 0.500 bits per heavy atom. The molecule has 0 radical (unpaired) electrons. The number of ketones is 2. The molecule has 62 heavy (non-hydrogen) atoms. The van der Waals surface area contributed by atoms with E-state index in [2.05, 4.69) is 21.3 Å². The van der Waals surface area contributed by atoms with Crippen molar-refractivity contribution in [1.82, 2.24) is 25.8 Å². The second-order valence-corrected chi connectivity index (χ2v) is 19.6. The largest absolute Gasteiger partial charge is 0.383 e. The first-order chi connectivity index (χ1) is 29.6. The number of benzene rings is 2. The molecule has 3 amide bonds. The number of carbonyl (C=O) groups is 5. The van der Waals surface area contributed by atoms with Gasteiger partial charge in [-0.05, 0) is 47.6 Å². The molecule has 1 aliphatic rings. The van der Waals surface area contributed by atoms with Gasteiger partial charge in [0, 0.05) is 48.6 Å². The molecule has 0 saturated heterocycles. The van der Waals surface area contributed by atoms with Crippen LogP contribution < -0.4 is 21.3 Å². The monoisotopic (exact) mass is 930 g/mol. The van der Waals surface area contributed by atoms with E-state index in [-0.39, 0.29) is 114 Å². The van der Waals surface area contributed by atoms with Crippen molar-refractivity contribution in [1.29, 1.82) is 0 Å². The van der Waals surface area contributed by atoms with Crippen LogP contribution in [0.3, 0.4) is 0 Å². The van der Waals surface area contributed by atoms with Crippen LogP contribution in [0.1, 0.15) is 73.4 Å². The summed E-state index contributed by atoms with van der Waals surface area (Å²) in [6.07, 6.45) is -1.23. The van der Waals surface area contributed by atoms with Gasteiger partial charge in [-0.25, -0.2) is 0 Å². The second-order valence-electron chi connectivity index (χ2n) is 13.5. The van der Waals surface area contributed by atoms with Crippen LogP contribution in [0.25, 0.3) is 0 Å². The van der Waals surface area contributed by atoms with E-state index in [1.165, 1.54) is 4.90 Å². The highest BCUT2D eigenvalue weighted by molar-refractivity contribution is 7.54. The number of hydrogen-bond acceptors (Lipinski definition) is 17. The number of anilines is 1. The van der Waals surface area contributed by atoms with Crippen LogP contribution in [-0.4, -0.2) is 143 Å². The first-order valence-corrected chi connectivity index (χ1v) is 25.7. The lowest BCUT2D eigenvalue weighted by Gasteiger charge is -2.28. The smallest absolute Gasteiger partial charge is 0.349 e. The normalized spacial score (nSPS) is 12.9. The molecular formula is C39H61N6O14P3. The molecule has 0 heterocycles. The molecule has 346 valence electrons. The summed E-state index contributed by atoms with van der Waals surface area (Å²) < 4.78 is 70.9. The van der Waals surface area contributed by atoms with Crippen LogP contribution in [0.15, 0.2) is 42.5 Å². The van der Waals surface area contributed by atoms with Crippen LogP contribution >= 0.6 is 22.8 Å². The van der Waals surface area contributed by atoms with Crippen LogP contribution in [0, 0.1) is 0 Å². The predicted octanol–water partition coefficient (Wildman–Crippen LogP) is 4.50. The third kappa shape index (κ3) is 16.5. The van der Waals surface area contributed by atoms with E-state index in [0.29, 0.717) is 16.8 Å². The Balaban J connectivity index is 1.84. The molecule has 0 spiro atoms. The highest BCUT2D eigenvalue weighted by atomic mass is 31.2. The molecule has 0 aromatic heterocycles. The molecule has 4 N–H and O–H groups in total. The molecule has 0 atom stereocenters. The Morgan fingerprint density at radius 3 is 1.29 bits per heavy atom. The van der Waals surface area contributed by atoms with Crippen molar-refractivity contribution in [2.24, 2.45) is 0 Å². The van der Waals surface area contributed by atoms with Gasteiger partial charge in [-0.2, -0.15) is 0 Å². The molecule has 0 saturated carbocycles. The molecule has 0 fully saturated rings. The first-order valence-electron chi connectivity index (χ1n) is 20.5. The average Bonchev–Trinajstić information content (AvgIpc) is 3.23. The molecule has 2 aromatic carbocycles.